The van der Waals surface area contributed by atoms with Crippen molar-refractivity contribution < 1.29 is 9.53 Å². The molecule has 0 aliphatic carbocycles. The molecule has 0 radical (unpaired) electrons. The summed E-state index contributed by atoms with van der Waals surface area (Å²) in [6.07, 6.45) is 3.40. The Balaban J connectivity index is 2.49. The van der Waals surface area contributed by atoms with E-state index in [1.54, 1.807) is 0 Å². The van der Waals surface area contributed by atoms with Crippen LogP contribution in [-0.2, 0) is 11.2 Å². The van der Waals surface area contributed by atoms with E-state index in [9.17, 15) is 4.79 Å². The van der Waals surface area contributed by atoms with E-state index in [1.807, 2.05) is 39.0 Å². The molecule has 1 rings (SSSR count). The predicted molar refractivity (Wildman–Crippen MR) is 93.8 cm³/mol. The van der Waals surface area contributed by atoms with Crippen LogP contribution in [0.2, 0.25) is 5.02 Å². The van der Waals surface area contributed by atoms with Gasteiger partial charge in [-0.2, -0.15) is 0 Å². The first-order valence-electron chi connectivity index (χ1n) is 8.15. The van der Waals surface area contributed by atoms with Crippen molar-refractivity contribution in [2.45, 2.75) is 60.3 Å². The summed E-state index contributed by atoms with van der Waals surface area (Å²) in [5.41, 5.74) is 0.869. The average Bonchev–Trinajstić information content (AvgIpc) is 2.42. The molecule has 0 amide bonds. The molecule has 0 unspecified atom stereocenters. The molecule has 0 aliphatic heterocycles. The lowest BCUT2D eigenvalue weighted by atomic mass is 9.87. The molecule has 0 saturated heterocycles. The van der Waals surface area contributed by atoms with Gasteiger partial charge in [-0.05, 0) is 36.8 Å². The van der Waals surface area contributed by atoms with Crippen LogP contribution in [0.15, 0.2) is 18.2 Å². The smallest absolute Gasteiger partial charge is 0.138 e. The highest BCUT2D eigenvalue weighted by Gasteiger charge is 2.20. The van der Waals surface area contributed by atoms with Gasteiger partial charge < -0.3 is 4.74 Å². The lowest BCUT2D eigenvalue weighted by Crippen LogP contribution is -2.19. The fourth-order valence-electron chi connectivity index (χ4n) is 2.09. The molecule has 0 aliphatic rings. The Morgan fingerprint density at radius 3 is 2.50 bits per heavy atom. The summed E-state index contributed by atoms with van der Waals surface area (Å²) in [5.74, 6) is 1.56. The first kappa shape index (κ1) is 19.0. The van der Waals surface area contributed by atoms with E-state index in [-0.39, 0.29) is 5.41 Å². The molecule has 0 aromatic heterocycles. The summed E-state index contributed by atoms with van der Waals surface area (Å²) in [7, 11) is 0. The Labute approximate surface area is 140 Å². The Kier molecular flexibility index (Phi) is 7.41. The van der Waals surface area contributed by atoms with Gasteiger partial charge in [0.05, 0.1) is 11.6 Å². The summed E-state index contributed by atoms with van der Waals surface area (Å²) in [6.45, 7) is 10.8. The monoisotopic (exact) mass is 324 g/mol. The Morgan fingerprint density at radius 1 is 1.23 bits per heavy atom. The van der Waals surface area contributed by atoms with Gasteiger partial charge in [-0.15, -0.1) is 0 Å². The topological polar surface area (TPSA) is 26.3 Å². The van der Waals surface area contributed by atoms with Gasteiger partial charge in [-0.25, -0.2) is 0 Å². The van der Waals surface area contributed by atoms with Crippen molar-refractivity contribution >= 4 is 17.4 Å². The zero-order chi connectivity index (χ0) is 16.8. The van der Waals surface area contributed by atoms with Crippen molar-refractivity contribution in [3.8, 4) is 5.75 Å². The van der Waals surface area contributed by atoms with Crippen molar-refractivity contribution in [2.75, 3.05) is 6.61 Å². The second-order valence-corrected chi connectivity index (χ2v) is 7.69. The van der Waals surface area contributed by atoms with Gasteiger partial charge in [-0.3, -0.25) is 4.79 Å². The second-order valence-electron chi connectivity index (χ2n) is 7.31. The van der Waals surface area contributed by atoms with E-state index >= 15 is 0 Å². The van der Waals surface area contributed by atoms with Crippen LogP contribution >= 0.6 is 11.6 Å². The quantitative estimate of drug-likeness (QED) is 0.573. The zero-order valence-electron chi connectivity index (χ0n) is 14.5. The molecule has 124 valence electrons. The van der Waals surface area contributed by atoms with Crippen molar-refractivity contribution in [3.05, 3.63) is 28.8 Å². The van der Waals surface area contributed by atoms with Crippen LogP contribution in [-0.4, -0.2) is 12.4 Å². The molecule has 1 aromatic carbocycles. The minimum atomic E-state index is -0.234. The normalized spacial score (nSPS) is 11.8. The maximum absolute atomic E-state index is 11.9. The minimum Gasteiger partial charge on any atom is -0.492 e. The molecule has 3 heteroatoms. The summed E-state index contributed by atoms with van der Waals surface area (Å²) in [5, 5.41) is 0.713. The van der Waals surface area contributed by atoms with Crippen molar-refractivity contribution in [3.63, 3.8) is 0 Å². The Bertz CT molecular complexity index is 487. The van der Waals surface area contributed by atoms with Crippen LogP contribution in [0.5, 0.6) is 5.75 Å². The second kappa shape index (κ2) is 8.57. The SMILES string of the molecule is CC(C)COc1cccc(CCCCC(=O)C(C)(C)C)c1Cl. The van der Waals surface area contributed by atoms with Gasteiger partial charge in [-0.1, -0.05) is 58.4 Å². The summed E-state index contributed by atoms with van der Waals surface area (Å²) in [4.78, 5) is 11.9. The molecule has 0 N–H and O–H groups in total. The van der Waals surface area contributed by atoms with Crippen molar-refractivity contribution in [1.29, 1.82) is 0 Å². The predicted octanol–water partition coefficient (Wildman–Crippen LogP) is 5.70. The zero-order valence-corrected chi connectivity index (χ0v) is 15.3. The number of ether oxygens (including phenoxy) is 1. The highest BCUT2D eigenvalue weighted by molar-refractivity contribution is 6.32. The maximum atomic E-state index is 11.9. The number of ketones is 1. The van der Waals surface area contributed by atoms with E-state index < -0.39 is 0 Å². The van der Waals surface area contributed by atoms with E-state index in [1.165, 1.54) is 0 Å². The summed E-state index contributed by atoms with van der Waals surface area (Å²) >= 11 is 6.41. The van der Waals surface area contributed by atoms with Gasteiger partial charge >= 0.3 is 0 Å². The molecular formula is C19H29ClO2. The number of benzene rings is 1. The standard InChI is InChI=1S/C19H29ClO2/c1-14(2)13-22-16-11-8-10-15(18(16)20)9-6-7-12-17(21)19(3,4)5/h8,10-11,14H,6-7,9,12-13H2,1-5H3. The fraction of sp³-hybridized carbons (Fsp3) is 0.632. The van der Waals surface area contributed by atoms with E-state index in [0.717, 1.165) is 30.6 Å². The van der Waals surface area contributed by atoms with Gasteiger partial charge in [0.25, 0.3) is 0 Å². The number of rotatable bonds is 8. The maximum Gasteiger partial charge on any atom is 0.138 e. The van der Waals surface area contributed by atoms with Crippen LogP contribution in [0.3, 0.4) is 0 Å². The lowest BCUT2D eigenvalue weighted by molar-refractivity contribution is -0.126. The third kappa shape index (κ3) is 6.39. The first-order chi connectivity index (χ1) is 10.2. The molecule has 22 heavy (non-hydrogen) atoms. The molecule has 0 heterocycles. The number of aryl methyl sites for hydroxylation is 1. The highest BCUT2D eigenvalue weighted by Crippen LogP contribution is 2.30. The van der Waals surface area contributed by atoms with Crippen molar-refractivity contribution in [2.24, 2.45) is 11.3 Å². The molecule has 1 aromatic rings. The van der Waals surface area contributed by atoms with Crippen LogP contribution in [0, 0.1) is 11.3 Å². The number of hydrogen-bond donors (Lipinski definition) is 0. The largest absolute Gasteiger partial charge is 0.492 e. The number of halogens is 1. The van der Waals surface area contributed by atoms with Gasteiger partial charge in [0, 0.05) is 11.8 Å². The number of carbonyl (C=O) groups excluding carboxylic acids is 1. The van der Waals surface area contributed by atoms with Crippen LogP contribution in [0.25, 0.3) is 0 Å². The molecule has 0 saturated carbocycles. The highest BCUT2D eigenvalue weighted by atomic mass is 35.5. The van der Waals surface area contributed by atoms with E-state index in [4.69, 9.17) is 16.3 Å². The van der Waals surface area contributed by atoms with Crippen molar-refractivity contribution in [1.82, 2.24) is 0 Å². The molecule has 0 bridgehead atoms. The third-order valence-corrected chi connectivity index (χ3v) is 3.98. The molecule has 2 nitrogen and oxygen atoms in total. The molecule has 0 atom stereocenters. The Hall–Kier alpha value is -1.02. The average molecular weight is 325 g/mol. The van der Waals surface area contributed by atoms with E-state index in [2.05, 4.69) is 13.8 Å². The minimum absolute atomic E-state index is 0.234. The molecular weight excluding hydrogens is 296 g/mol. The van der Waals surface area contributed by atoms with Crippen LogP contribution in [0.1, 0.15) is 59.4 Å². The van der Waals surface area contributed by atoms with Gasteiger partial charge in [0.15, 0.2) is 0 Å². The van der Waals surface area contributed by atoms with Gasteiger partial charge in [0.1, 0.15) is 11.5 Å². The number of carbonyl (C=O) groups is 1. The molecule has 0 spiro atoms. The van der Waals surface area contributed by atoms with Gasteiger partial charge in [0.2, 0.25) is 0 Å². The Morgan fingerprint density at radius 2 is 1.91 bits per heavy atom. The van der Waals surface area contributed by atoms with Crippen LogP contribution < -0.4 is 4.74 Å². The first-order valence-corrected chi connectivity index (χ1v) is 8.53. The summed E-state index contributed by atoms with van der Waals surface area (Å²) < 4.78 is 5.74. The fourth-order valence-corrected chi connectivity index (χ4v) is 2.37. The summed E-state index contributed by atoms with van der Waals surface area (Å²) in [6, 6.07) is 5.94. The molecule has 0 fully saturated rings. The lowest BCUT2D eigenvalue weighted by Gasteiger charge is -2.16. The third-order valence-electron chi connectivity index (χ3n) is 3.55. The van der Waals surface area contributed by atoms with E-state index in [0.29, 0.717) is 29.8 Å². The number of Topliss-reactive ketones (excluding diaryl/α,β-unsaturated/α-hetero) is 1. The number of unbranched alkanes of at least 4 members (excludes halogenated alkanes) is 1. The van der Waals surface area contributed by atoms with Crippen LogP contribution in [0.4, 0.5) is 0 Å². The number of hydrogen-bond acceptors (Lipinski definition) is 2.